The number of hydrogen-bond donors (Lipinski definition) is 0. The Morgan fingerprint density at radius 3 is 2.73 bits per heavy atom. The van der Waals surface area contributed by atoms with Gasteiger partial charge in [0.05, 0.1) is 20.3 Å². The zero-order valence-corrected chi connectivity index (χ0v) is 6.79. The van der Waals surface area contributed by atoms with Crippen LogP contribution in [0, 0.1) is 6.67 Å². The van der Waals surface area contributed by atoms with E-state index in [2.05, 4.69) is 11.7 Å². The predicted molar refractivity (Wildman–Crippen MR) is 40.5 cm³/mol. The van der Waals surface area contributed by atoms with Gasteiger partial charge in [-0.15, -0.1) is 0 Å². The van der Waals surface area contributed by atoms with Crippen molar-refractivity contribution in [3.8, 4) is 0 Å². The zero-order chi connectivity index (χ0) is 8.27. The van der Waals surface area contributed by atoms with Crippen LogP contribution in [0.5, 0.6) is 0 Å². The molecule has 0 bridgehead atoms. The lowest BCUT2D eigenvalue weighted by Gasteiger charge is -2.20. The van der Waals surface area contributed by atoms with E-state index in [1.165, 1.54) is 0 Å². The predicted octanol–water partition coefficient (Wildman–Crippen LogP) is 0.461. The van der Waals surface area contributed by atoms with E-state index < -0.39 is 0 Å². The van der Waals surface area contributed by atoms with Crippen molar-refractivity contribution in [1.29, 1.82) is 0 Å². The molecule has 0 fully saturated rings. The van der Waals surface area contributed by atoms with E-state index in [1.54, 1.807) is 32.2 Å². The average molecular weight is 154 g/mol. The second-order valence-electron chi connectivity index (χ2n) is 2.00. The summed E-state index contributed by atoms with van der Waals surface area (Å²) in [6.07, 6.45) is 1.69. The molecule has 0 amide bonds. The van der Waals surface area contributed by atoms with Crippen molar-refractivity contribution < 1.29 is 9.47 Å². The highest BCUT2D eigenvalue weighted by Crippen LogP contribution is 2.10. The fourth-order valence-electron chi connectivity index (χ4n) is 0.709. The van der Waals surface area contributed by atoms with Gasteiger partial charge in [-0.05, 0) is 0 Å². The fraction of sp³-hybridized carbons (Fsp3) is 0.429. The minimum Gasteiger partial charge on any atom is -0.482 e. The number of rotatable bonds is 1. The second kappa shape index (κ2) is 3.27. The Labute approximate surface area is 66.1 Å². The zero-order valence-electron chi connectivity index (χ0n) is 6.79. The van der Waals surface area contributed by atoms with Crippen molar-refractivity contribution >= 4 is 5.90 Å². The van der Waals surface area contributed by atoms with Gasteiger partial charge in [-0.3, -0.25) is 0 Å². The minimum atomic E-state index is 0.500. The Balaban J connectivity index is 2.71. The Hall–Kier alpha value is -1.19. The maximum Gasteiger partial charge on any atom is 0.235 e. The number of methoxy groups -OCH3 is 2. The van der Waals surface area contributed by atoms with E-state index in [9.17, 15) is 0 Å². The molecule has 0 aromatic rings. The maximum absolute atomic E-state index is 5.00. The molecule has 1 rings (SSSR count). The van der Waals surface area contributed by atoms with Crippen molar-refractivity contribution in [1.82, 2.24) is 4.90 Å². The van der Waals surface area contributed by atoms with Gasteiger partial charge in [0, 0.05) is 7.05 Å². The van der Waals surface area contributed by atoms with E-state index in [4.69, 9.17) is 9.47 Å². The summed E-state index contributed by atoms with van der Waals surface area (Å²) in [5.74, 6) is 1.16. The lowest BCUT2D eigenvalue weighted by molar-refractivity contribution is 0.190. The van der Waals surface area contributed by atoms with Gasteiger partial charge in [0.2, 0.25) is 12.6 Å². The molecule has 0 saturated carbocycles. The van der Waals surface area contributed by atoms with Crippen LogP contribution in [-0.2, 0) is 9.47 Å². The first-order valence-corrected chi connectivity index (χ1v) is 3.14. The van der Waals surface area contributed by atoms with Crippen molar-refractivity contribution in [2.45, 2.75) is 0 Å². The van der Waals surface area contributed by atoms with Crippen LogP contribution < -0.4 is 0 Å². The molecule has 0 aliphatic carbocycles. The van der Waals surface area contributed by atoms with Crippen molar-refractivity contribution in [2.24, 2.45) is 4.99 Å². The quantitative estimate of drug-likeness (QED) is 0.550. The molecule has 0 atom stereocenters. The van der Waals surface area contributed by atoms with Gasteiger partial charge in [0.1, 0.15) is 0 Å². The molecule has 0 N–H and O–H groups in total. The molecule has 0 aromatic heterocycles. The first kappa shape index (κ1) is 7.91. The fourth-order valence-corrected chi connectivity index (χ4v) is 0.709. The summed E-state index contributed by atoms with van der Waals surface area (Å²) in [5.41, 5.74) is 0. The maximum atomic E-state index is 5.00. The molecule has 0 unspecified atom stereocenters. The lowest BCUT2D eigenvalue weighted by atomic mass is 10.5. The molecule has 0 saturated heterocycles. The normalized spacial score (nSPS) is 17.2. The molecule has 4 nitrogen and oxygen atoms in total. The van der Waals surface area contributed by atoms with Crippen LogP contribution in [-0.4, -0.2) is 32.1 Å². The summed E-state index contributed by atoms with van der Waals surface area (Å²) in [6.45, 7) is 2.69. The van der Waals surface area contributed by atoms with E-state index in [0.717, 1.165) is 0 Å². The van der Waals surface area contributed by atoms with Crippen molar-refractivity contribution in [3.63, 3.8) is 0 Å². The molecule has 11 heavy (non-hydrogen) atoms. The molecule has 1 heterocycles. The van der Waals surface area contributed by atoms with Gasteiger partial charge in [-0.25, -0.2) is 4.99 Å². The van der Waals surface area contributed by atoms with E-state index in [0.29, 0.717) is 11.8 Å². The van der Waals surface area contributed by atoms with Gasteiger partial charge in [-0.1, -0.05) is 0 Å². The summed E-state index contributed by atoms with van der Waals surface area (Å²) < 4.78 is 9.88. The molecule has 1 aliphatic rings. The first-order valence-electron chi connectivity index (χ1n) is 3.14. The highest BCUT2D eigenvalue weighted by molar-refractivity contribution is 5.88. The molecule has 60 valence electrons. The highest BCUT2D eigenvalue weighted by atomic mass is 16.5. The number of nitrogens with zero attached hydrogens (tertiary/aromatic N) is 2. The molecular formula is C7H10N2O2. The Bertz CT molecular complexity index is 199. The van der Waals surface area contributed by atoms with Crippen LogP contribution in [0.25, 0.3) is 0 Å². The third-order valence-corrected chi connectivity index (χ3v) is 1.31. The standard InChI is InChI=1S/C7H10N2O2/c1-9-5-8-6(10-2)4-7(9)11-3/h4H,1-3H3. The monoisotopic (exact) mass is 154 g/mol. The van der Waals surface area contributed by atoms with Gasteiger partial charge in [0.15, 0.2) is 5.88 Å². The third kappa shape index (κ3) is 1.63. The molecular weight excluding hydrogens is 144 g/mol. The Kier molecular flexibility index (Phi) is 2.36. The topological polar surface area (TPSA) is 34.1 Å². The Morgan fingerprint density at radius 2 is 2.18 bits per heavy atom. The molecule has 0 aromatic carbocycles. The van der Waals surface area contributed by atoms with E-state index >= 15 is 0 Å². The number of aliphatic imine (C=N–C) groups is 1. The van der Waals surface area contributed by atoms with Gasteiger partial charge in [-0.2, -0.15) is 0 Å². The van der Waals surface area contributed by atoms with Crippen LogP contribution in [0.4, 0.5) is 0 Å². The first-order chi connectivity index (χ1) is 5.27. The largest absolute Gasteiger partial charge is 0.482 e. The SMILES string of the molecule is COC1=CC(OC)=N[C]N1C. The minimum absolute atomic E-state index is 0.500. The highest BCUT2D eigenvalue weighted by Gasteiger charge is 2.12. The van der Waals surface area contributed by atoms with Gasteiger partial charge in [0.25, 0.3) is 0 Å². The van der Waals surface area contributed by atoms with Crippen LogP contribution in [0.2, 0.25) is 0 Å². The van der Waals surface area contributed by atoms with Gasteiger partial charge >= 0.3 is 0 Å². The third-order valence-electron chi connectivity index (χ3n) is 1.31. The second-order valence-corrected chi connectivity index (χ2v) is 2.00. The number of ether oxygens (including phenoxy) is 2. The summed E-state index contributed by atoms with van der Waals surface area (Å²) in [7, 11) is 4.93. The van der Waals surface area contributed by atoms with Crippen LogP contribution in [0.15, 0.2) is 17.0 Å². The summed E-state index contributed by atoms with van der Waals surface area (Å²) >= 11 is 0. The Morgan fingerprint density at radius 1 is 1.45 bits per heavy atom. The summed E-state index contributed by atoms with van der Waals surface area (Å²) in [5, 5.41) is 0. The van der Waals surface area contributed by atoms with Crippen LogP contribution >= 0.6 is 0 Å². The molecule has 2 radical (unpaired) electrons. The molecule has 1 aliphatic heterocycles. The van der Waals surface area contributed by atoms with Crippen molar-refractivity contribution in [3.05, 3.63) is 18.6 Å². The lowest BCUT2D eigenvalue weighted by Crippen LogP contribution is -2.21. The summed E-state index contributed by atoms with van der Waals surface area (Å²) in [4.78, 5) is 5.48. The smallest absolute Gasteiger partial charge is 0.235 e. The van der Waals surface area contributed by atoms with Gasteiger partial charge < -0.3 is 14.4 Å². The summed E-state index contributed by atoms with van der Waals surface area (Å²) in [6, 6.07) is 0. The average Bonchev–Trinajstić information content (AvgIpc) is 2.05. The molecule has 0 spiro atoms. The van der Waals surface area contributed by atoms with Crippen LogP contribution in [0.1, 0.15) is 0 Å². The van der Waals surface area contributed by atoms with Crippen LogP contribution in [0.3, 0.4) is 0 Å². The van der Waals surface area contributed by atoms with E-state index in [-0.39, 0.29) is 0 Å². The van der Waals surface area contributed by atoms with E-state index in [1.807, 2.05) is 0 Å². The molecule has 4 heteroatoms. The van der Waals surface area contributed by atoms with Crippen molar-refractivity contribution in [2.75, 3.05) is 21.3 Å². The number of hydrogen-bond acceptors (Lipinski definition) is 4.